The van der Waals surface area contributed by atoms with E-state index >= 15 is 0 Å². The Bertz CT molecular complexity index is 1240. The molecule has 2 aromatic rings. The number of carbonyl (C=O) groups excluding carboxylic acids is 2. The van der Waals surface area contributed by atoms with Crippen LogP contribution >= 0.6 is 27.7 Å². The lowest BCUT2D eigenvalue weighted by atomic mass is 10.1. The molecule has 10 heteroatoms. The lowest BCUT2D eigenvalue weighted by Crippen LogP contribution is -2.14. The topological polar surface area (TPSA) is 94.4 Å². The Balaban J connectivity index is 1.96. The van der Waals surface area contributed by atoms with E-state index in [2.05, 4.69) is 20.9 Å². The summed E-state index contributed by atoms with van der Waals surface area (Å²) in [6, 6.07) is 9.49. The fraction of sp³-hybridized carbons (Fsp3) is 0.269. The number of halogens is 2. The number of ether oxygens (including phenoxy) is 3. The molecule has 190 valence electrons. The first-order valence-electron chi connectivity index (χ1n) is 11.2. The molecule has 1 N–H and O–H groups in total. The molecule has 1 amide bonds. The SMILES string of the molecule is CCOC(=O)C1=C(O)/C(=C/c2cc(Br)c(OCc3ccc(F)cc3)c(OCC)c2)SC1=NC(=O)CC. The first-order valence-corrected chi connectivity index (χ1v) is 12.8. The van der Waals surface area contributed by atoms with Gasteiger partial charge in [-0.1, -0.05) is 30.8 Å². The third-order valence-electron chi connectivity index (χ3n) is 4.82. The summed E-state index contributed by atoms with van der Waals surface area (Å²) in [5.74, 6) is -0.899. The molecular formula is C26H25BrFNO6S. The van der Waals surface area contributed by atoms with E-state index < -0.39 is 11.9 Å². The van der Waals surface area contributed by atoms with Gasteiger partial charge >= 0.3 is 5.97 Å². The Morgan fingerprint density at radius 1 is 1.11 bits per heavy atom. The number of hydrogen-bond acceptors (Lipinski definition) is 7. The second-order valence-corrected chi connectivity index (χ2v) is 9.28. The summed E-state index contributed by atoms with van der Waals surface area (Å²) in [5.41, 5.74) is 1.28. The van der Waals surface area contributed by atoms with Crippen molar-refractivity contribution in [1.82, 2.24) is 0 Å². The van der Waals surface area contributed by atoms with Crippen molar-refractivity contribution in [2.75, 3.05) is 13.2 Å². The number of thioether (sulfide) groups is 1. The number of benzene rings is 2. The summed E-state index contributed by atoms with van der Waals surface area (Å²) in [7, 11) is 0. The molecule has 0 bridgehead atoms. The van der Waals surface area contributed by atoms with E-state index in [1.807, 2.05) is 6.92 Å². The Morgan fingerprint density at radius 2 is 1.83 bits per heavy atom. The number of aliphatic hydroxyl groups is 1. The largest absolute Gasteiger partial charge is 0.506 e. The van der Waals surface area contributed by atoms with Crippen LogP contribution in [-0.4, -0.2) is 35.2 Å². The van der Waals surface area contributed by atoms with Gasteiger partial charge in [-0.15, -0.1) is 0 Å². The fourth-order valence-electron chi connectivity index (χ4n) is 3.15. The van der Waals surface area contributed by atoms with Gasteiger partial charge in [0, 0.05) is 6.42 Å². The number of carbonyl (C=O) groups is 2. The minimum atomic E-state index is -0.755. The van der Waals surface area contributed by atoms with Gasteiger partial charge in [0.15, 0.2) is 11.5 Å². The van der Waals surface area contributed by atoms with Crippen LogP contribution in [0.2, 0.25) is 0 Å². The Labute approximate surface area is 221 Å². The first-order chi connectivity index (χ1) is 17.3. The summed E-state index contributed by atoms with van der Waals surface area (Å²) in [6.45, 7) is 5.83. The molecule has 7 nitrogen and oxygen atoms in total. The van der Waals surface area contributed by atoms with E-state index in [1.165, 1.54) is 12.1 Å². The van der Waals surface area contributed by atoms with Gasteiger partial charge in [0.1, 0.15) is 28.8 Å². The van der Waals surface area contributed by atoms with Crippen LogP contribution in [0.4, 0.5) is 4.39 Å². The zero-order valence-electron chi connectivity index (χ0n) is 20.0. The molecule has 0 aromatic heterocycles. The van der Waals surface area contributed by atoms with Gasteiger partial charge < -0.3 is 19.3 Å². The maximum Gasteiger partial charge on any atom is 0.344 e. The van der Waals surface area contributed by atoms with E-state index in [0.717, 1.165) is 17.3 Å². The molecule has 1 aliphatic heterocycles. The van der Waals surface area contributed by atoms with Crippen LogP contribution in [0.1, 0.15) is 38.3 Å². The highest BCUT2D eigenvalue weighted by Crippen LogP contribution is 2.42. The lowest BCUT2D eigenvalue weighted by Gasteiger charge is -2.15. The zero-order valence-corrected chi connectivity index (χ0v) is 22.4. The number of esters is 1. The van der Waals surface area contributed by atoms with E-state index in [1.54, 1.807) is 44.2 Å². The summed E-state index contributed by atoms with van der Waals surface area (Å²) in [4.78, 5) is 28.6. The number of aliphatic hydroxyl groups excluding tert-OH is 1. The first kappa shape index (κ1) is 27.5. The Hall–Kier alpha value is -3.11. The van der Waals surface area contributed by atoms with Gasteiger partial charge in [-0.05, 0) is 71.2 Å². The number of hydrogen-bond donors (Lipinski definition) is 1. The highest BCUT2D eigenvalue weighted by molar-refractivity contribution is 9.10. The molecule has 1 aliphatic rings. The molecule has 2 aromatic carbocycles. The number of rotatable bonds is 9. The molecule has 0 saturated carbocycles. The van der Waals surface area contributed by atoms with Crippen LogP contribution in [0.15, 0.2) is 62.1 Å². The van der Waals surface area contributed by atoms with Crippen molar-refractivity contribution in [1.29, 1.82) is 0 Å². The van der Waals surface area contributed by atoms with Gasteiger partial charge in [-0.25, -0.2) is 14.2 Å². The Morgan fingerprint density at radius 3 is 2.47 bits per heavy atom. The van der Waals surface area contributed by atoms with Crippen molar-refractivity contribution >= 4 is 50.7 Å². The second-order valence-electron chi connectivity index (χ2n) is 7.40. The lowest BCUT2D eigenvalue weighted by molar-refractivity contribution is -0.138. The monoisotopic (exact) mass is 577 g/mol. The number of amides is 1. The minimum absolute atomic E-state index is 0.0902. The maximum atomic E-state index is 13.2. The molecule has 0 aliphatic carbocycles. The van der Waals surface area contributed by atoms with Crippen LogP contribution in [-0.2, 0) is 20.9 Å². The van der Waals surface area contributed by atoms with Crippen molar-refractivity contribution in [3.8, 4) is 11.5 Å². The third kappa shape index (κ3) is 6.76. The van der Waals surface area contributed by atoms with E-state index in [9.17, 15) is 19.1 Å². The van der Waals surface area contributed by atoms with Crippen molar-refractivity contribution in [2.45, 2.75) is 33.8 Å². The van der Waals surface area contributed by atoms with Gasteiger partial charge in [0.25, 0.3) is 0 Å². The standard InChI is InChI=1S/C26H25BrFNO6S/c1-4-21(30)29-25-22(26(32)34-6-3)23(31)20(36-25)13-16-11-18(27)24(19(12-16)33-5-2)35-14-15-7-9-17(28)10-8-15/h7-13,31H,4-6,14H2,1-3H3/b20-13-,29-25?. The van der Waals surface area contributed by atoms with Crippen molar-refractivity contribution in [2.24, 2.45) is 4.99 Å². The molecule has 0 fully saturated rings. The van der Waals surface area contributed by atoms with Crippen molar-refractivity contribution < 1.29 is 33.3 Å². The molecule has 1 heterocycles. The summed E-state index contributed by atoms with van der Waals surface area (Å²) in [6.07, 6.45) is 1.80. The molecule has 0 atom stereocenters. The highest BCUT2D eigenvalue weighted by Gasteiger charge is 2.33. The predicted octanol–water partition coefficient (Wildman–Crippen LogP) is 6.36. The van der Waals surface area contributed by atoms with Crippen LogP contribution in [0.5, 0.6) is 11.5 Å². The average Bonchev–Trinajstić information content (AvgIpc) is 3.14. The molecular weight excluding hydrogens is 553 g/mol. The fourth-order valence-corrected chi connectivity index (χ4v) is 4.75. The predicted molar refractivity (Wildman–Crippen MR) is 141 cm³/mol. The quantitative estimate of drug-likeness (QED) is 0.346. The zero-order chi connectivity index (χ0) is 26.2. The molecule has 0 spiro atoms. The molecule has 0 radical (unpaired) electrons. The molecule has 0 saturated heterocycles. The number of aliphatic imine (C=N–C) groups is 1. The maximum absolute atomic E-state index is 13.2. The van der Waals surface area contributed by atoms with Crippen LogP contribution < -0.4 is 9.47 Å². The van der Waals surface area contributed by atoms with Crippen molar-refractivity contribution in [3.05, 3.63) is 74.1 Å². The van der Waals surface area contributed by atoms with Crippen molar-refractivity contribution in [3.63, 3.8) is 0 Å². The molecule has 36 heavy (non-hydrogen) atoms. The van der Waals surface area contributed by atoms with Crippen LogP contribution in [0.3, 0.4) is 0 Å². The smallest absolute Gasteiger partial charge is 0.344 e. The minimum Gasteiger partial charge on any atom is -0.506 e. The van der Waals surface area contributed by atoms with Crippen LogP contribution in [0.25, 0.3) is 6.08 Å². The number of nitrogens with zero attached hydrogens (tertiary/aromatic N) is 1. The van der Waals surface area contributed by atoms with Gasteiger partial charge in [-0.2, -0.15) is 0 Å². The van der Waals surface area contributed by atoms with Gasteiger partial charge in [0.2, 0.25) is 5.91 Å². The second kappa shape index (κ2) is 12.7. The Kier molecular flexibility index (Phi) is 9.72. The normalized spacial score (nSPS) is 15.5. The van der Waals surface area contributed by atoms with Gasteiger partial charge in [-0.3, -0.25) is 4.79 Å². The van der Waals surface area contributed by atoms with E-state index in [-0.39, 0.29) is 41.8 Å². The van der Waals surface area contributed by atoms with Crippen LogP contribution in [0, 0.1) is 5.82 Å². The summed E-state index contributed by atoms with van der Waals surface area (Å²) >= 11 is 4.51. The van der Waals surface area contributed by atoms with Gasteiger partial charge in [0.05, 0.1) is 22.6 Å². The molecule has 0 unspecified atom stereocenters. The highest BCUT2D eigenvalue weighted by atomic mass is 79.9. The van der Waals surface area contributed by atoms with E-state index in [4.69, 9.17) is 14.2 Å². The van der Waals surface area contributed by atoms with E-state index in [0.29, 0.717) is 33.0 Å². The average molecular weight is 578 g/mol. The third-order valence-corrected chi connectivity index (χ3v) is 6.43. The molecule has 3 rings (SSSR count). The summed E-state index contributed by atoms with van der Waals surface area (Å²) in [5, 5.41) is 10.9. The summed E-state index contributed by atoms with van der Waals surface area (Å²) < 4.78 is 30.5.